The smallest absolute Gasteiger partial charge is 1.00 e. The normalized spacial score (nSPS) is 11.0. The minimum atomic E-state index is 0. The molecule has 1 aliphatic rings. The third-order valence-corrected chi connectivity index (χ3v) is 0.441. The fourth-order valence-corrected chi connectivity index (χ4v) is 0.236. The summed E-state index contributed by atoms with van der Waals surface area (Å²) in [6.45, 7) is 0.778. The molecule has 0 bridgehead atoms. The second-order valence-corrected chi connectivity index (χ2v) is 0.812. The summed E-state index contributed by atoms with van der Waals surface area (Å²) in [6.07, 6.45) is 3.32. The van der Waals surface area contributed by atoms with E-state index in [2.05, 4.69) is 9.98 Å². The third-order valence-electron chi connectivity index (χ3n) is 0.441. The van der Waals surface area contributed by atoms with Gasteiger partial charge in [0.25, 0.3) is 0 Å². The van der Waals surface area contributed by atoms with Crippen LogP contribution in [0.3, 0.4) is 0 Å². The Kier molecular flexibility index (Phi) is 20.6. The molecule has 0 aromatic heterocycles. The topological polar surface area (TPSA) is 24.7 Å². The van der Waals surface area contributed by atoms with Crippen molar-refractivity contribution in [3.05, 3.63) is 0 Å². The summed E-state index contributed by atoms with van der Waals surface area (Å²) in [6, 6.07) is 0. The van der Waals surface area contributed by atoms with Gasteiger partial charge in [-0.05, 0) is 0 Å². The van der Waals surface area contributed by atoms with Gasteiger partial charge in [-0.1, -0.05) is 0 Å². The largest absolute Gasteiger partial charge is 2.00 e. The summed E-state index contributed by atoms with van der Waals surface area (Å²) in [5.74, 6) is 0. The molecular formula is C3H4Cl2MnN2. The Balaban J connectivity index is -0.0000000833. The van der Waals surface area contributed by atoms with E-state index in [-0.39, 0.29) is 41.9 Å². The number of halogens is 2. The van der Waals surface area contributed by atoms with Crippen LogP contribution in [0.2, 0.25) is 0 Å². The van der Waals surface area contributed by atoms with Crippen molar-refractivity contribution >= 4 is 12.6 Å². The maximum Gasteiger partial charge on any atom is 2.00 e. The Bertz CT molecular complexity index is 73.4. The fraction of sp³-hybridized carbons (Fsp3) is 0.333. The van der Waals surface area contributed by atoms with E-state index in [1.807, 2.05) is 0 Å². The summed E-state index contributed by atoms with van der Waals surface area (Å²) < 4.78 is 0. The SMILES string of the molecule is C1=NC=NC1.[Cl-].[Cl-].[Mn+2]. The van der Waals surface area contributed by atoms with E-state index in [4.69, 9.17) is 0 Å². The maximum absolute atomic E-state index is 3.74. The minimum absolute atomic E-state index is 0. The summed E-state index contributed by atoms with van der Waals surface area (Å²) in [5.41, 5.74) is 0. The molecule has 0 unspecified atom stereocenters. The van der Waals surface area contributed by atoms with Gasteiger partial charge in [-0.25, -0.2) is 4.99 Å². The van der Waals surface area contributed by atoms with Gasteiger partial charge >= 0.3 is 17.1 Å². The van der Waals surface area contributed by atoms with Gasteiger partial charge in [0.15, 0.2) is 0 Å². The van der Waals surface area contributed by atoms with E-state index in [1.165, 1.54) is 0 Å². The molecule has 8 heavy (non-hydrogen) atoms. The van der Waals surface area contributed by atoms with Gasteiger partial charge in [-0.2, -0.15) is 0 Å². The van der Waals surface area contributed by atoms with Gasteiger partial charge in [0.05, 0.1) is 6.54 Å². The Morgan fingerprint density at radius 3 is 2.00 bits per heavy atom. The Hall–Kier alpha value is 0.439. The number of nitrogens with zero attached hydrogens (tertiary/aromatic N) is 2. The summed E-state index contributed by atoms with van der Waals surface area (Å²) in [4.78, 5) is 7.40. The first-order chi connectivity index (χ1) is 2.50. The van der Waals surface area contributed by atoms with E-state index in [9.17, 15) is 0 Å². The monoisotopic (exact) mass is 193 g/mol. The summed E-state index contributed by atoms with van der Waals surface area (Å²) in [5, 5.41) is 0. The molecule has 1 heterocycles. The van der Waals surface area contributed by atoms with E-state index in [0.717, 1.165) is 6.54 Å². The molecule has 0 fully saturated rings. The zero-order chi connectivity index (χ0) is 3.54. The van der Waals surface area contributed by atoms with Crippen molar-refractivity contribution < 1.29 is 41.9 Å². The molecular weight excluding hydrogens is 190 g/mol. The Labute approximate surface area is 71.2 Å². The number of rotatable bonds is 0. The minimum Gasteiger partial charge on any atom is -1.00 e. The number of hydrogen-bond acceptors (Lipinski definition) is 2. The first-order valence-corrected chi connectivity index (χ1v) is 1.50. The average molecular weight is 194 g/mol. The molecule has 0 atom stereocenters. The van der Waals surface area contributed by atoms with E-state index < -0.39 is 0 Å². The second kappa shape index (κ2) is 10.4. The third kappa shape index (κ3) is 6.44. The molecule has 0 aromatic rings. The predicted octanol–water partition coefficient (Wildman–Crippen LogP) is -5.90. The molecule has 1 rings (SSSR count). The van der Waals surface area contributed by atoms with Crippen molar-refractivity contribution in [2.45, 2.75) is 0 Å². The van der Waals surface area contributed by atoms with Crippen LogP contribution in [0.15, 0.2) is 9.98 Å². The molecule has 0 N–H and O–H groups in total. The van der Waals surface area contributed by atoms with Crippen molar-refractivity contribution in [1.29, 1.82) is 0 Å². The molecule has 0 aromatic carbocycles. The van der Waals surface area contributed by atoms with Gasteiger partial charge in [-0.3, -0.25) is 4.99 Å². The quantitative estimate of drug-likeness (QED) is 0.343. The Morgan fingerprint density at radius 1 is 1.25 bits per heavy atom. The molecule has 0 amide bonds. The van der Waals surface area contributed by atoms with Crippen LogP contribution in [0.5, 0.6) is 0 Å². The van der Waals surface area contributed by atoms with E-state index >= 15 is 0 Å². The number of hydrogen-bond donors (Lipinski definition) is 0. The van der Waals surface area contributed by atoms with Crippen LogP contribution in [-0.2, 0) is 17.1 Å². The van der Waals surface area contributed by atoms with Crippen LogP contribution >= 0.6 is 0 Å². The molecule has 47 valence electrons. The molecule has 1 aliphatic heterocycles. The van der Waals surface area contributed by atoms with Gasteiger partial charge in [0, 0.05) is 6.21 Å². The van der Waals surface area contributed by atoms with Crippen molar-refractivity contribution in [2.75, 3.05) is 6.54 Å². The van der Waals surface area contributed by atoms with Crippen molar-refractivity contribution in [3.8, 4) is 0 Å². The first kappa shape index (κ1) is 15.8. The van der Waals surface area contributed by atoms with Crippen molar-refractivity contribution in [2.24, 2.45) is 9.98 Å². The predicted molar refractivity (Wildman–Crippen MR) is 21.9 cm³/mol. The molecule has 5 heteroatoms. The average Bonchev–Trinajstić information content (AvgIpc) is 1.76. The molecule has 0 spiro atoms. The van der Waals surface area contributed by atoms with Crippen molar-refractivity contribution in [3.63, 3.8) is 0 Å². The number of aliphatic imine (C=N–C) groups is 2. The van der Waals surface area contributed by atoms with E-state index in [1.54, 1.807) is 12.6 Å². The van der Waals surface area contributed by atoms with Crippen LogP contribution in [0.25, 0.3) is 0 Å². The van der Waals surface area contributed by atoms with Crippen molar-refractivity contribution in [1.82, 2.24) is 0 Å². The van der Waals surface area contributed by atoms with Crippen LogP contribution in [0, 0.1) is 0 Å². The zero-order valence-electron chi connectivity index (χ0n) is 3.89. The van der Waals surface area contributed by atoms with Gasteiger partial charge in [0.1, 0.15) is 6.34 Å². The molecule has 1 radical (unpaired) electrons. The summed E-state index contributed by atoms with van der Waals surface area (Å²) in [7, 11) is 0. The van der Waals surface area contributed by atoms with E-state index in [0.29, 0.717) is 0 Å². The van der Waals surface area contributed by atoms with Crippen LogP contribution < -0.4 is 24.8 Å². The first-order valence-electron chi connectivity index (χ1n) is 1.50. The molecule has 0 aliphatic carbocycles. The molecule has 0 saturated carbocycles. The standard InChI is InChI=1S/C3H4N2.2ClH.Mn/c1-2-5-3-4-1;;;/h1,3H,2H2;2*1H;/q;;;+2/p-2. The van der Waals surface area contributed by atoms with Gasteiger partial charge < -0.3 is 24.8 Å². The maximum atomic E-state index is 3.74. The van der Waals surface area contributed by atoms with Gasteiger partial charge in [-0.15, -0.1) is 0 Å². The second-order valence-electron chi connectivity index (χ2n) is 0.812. The zero-order valence-corrected chi connectivity index (χ0v) is 6.58. The van der Waals surface area contributed by atoms with Crippen LogP contribution in [0.4, 0.5) is 0 Å². The molecule has 2 nitrogen and oxygen atoms in total. The Morgan fingerprint density at radius 2 is 1.88 bits per heavy atom. The van der Waals surface area contributed by atoms with Crippen LogP contribution in [-0.4, -0.2) is 19.1 Å². The van der Waals surface area contributed by atoms with Gasteiger partial charge in [0.2, 0.25) is 0 Å². The summed E-state index contributed by atoms with van der Waals surface area (Å²) >= 11 is 0. The molecule has 0 saturated heterocycles. The fourth-order valence-electron chi connectivity index (χ4n) is 0.236. The van der Waals surface area contributed by atoms with Crippen LogP contribution in [0.1, 0.15) is 0 Å².